The molecule has 0 spiro atoms. The van der Waals surface area contributed by atoms with Crippen LogP contribution in [0.1, 0.15) is 23.6 Å². The lowest BCUT2D eigenvalue weighted by atomic mass is 10.0. The number of aryl methyl sites for hydroxylation is 1. The number of para-hydroxylation sites is 1. The van der Waals surface area contributed by atoms with Crippen LogP contribution < -0.4 is 15.0 Å². The highest BCUT2D eigenvalue weighted by Crippen LogP contribution is 2.30. The van der Waals surface area contributed by atoms with E-state index in [0.717, 1.165) is 16.0 Å². The van der Waals surface area contributed by atoms with Crippen LogP contribution in [-0.2, 0) is 22.6 Å². The summed E-state index contributed by atoms with van der Waals surface area (Å²) in [7, 11) is 0. The Morgan fingerprint density at radius 1 is 1.00 bits per heavy atom. The van der Waals surface area contributed by atoms with Crippen molar-refractivity contribution < 1.29 is 19.1 Å². The molecule has 0 unspecified atom stereocenters. The van der Waals surface area contributed by atoms with Crippen LogP contribution in [0.25, 0.3) is 6.08 Å². The molecule has 4 rings (SSSR count). The maximum Gasteiger partial charge on any atom is 0.335 e. The molecule has 1 heterocycles. The van der Waals surface area contributed by atoms with Gasteiger partial charge in [-0.25, -0.2) is 9.69 Å². The van der Waals surface area contributed by atoms with E-state index in [1.165, 1.54) is 6.08 Å². The van der Waals surface area contributed by atoms with Crippen LogP contribution in [0.2, 0.25) is 10.0 Å². The van der Waals surface area contributed by atoms with E-state index in [1.54, 1.807) is 48.5 Å². The van der Waals surface area contributed by atoms with Gasteiger partial charge in [-0.1, -0.05) is 70.3 Å². The van der Waals surface area contributed by atoms with Crippen molar-refractivity contribution in [2.45, 2.75) is 20.0 Å². The first-order chi connectivity index (χ1) is 16.8. The second-order valence-corrected chi connectivity index (χ2v) is 9.41. The molecule has 1 N–H and O–H groups in total. The Labute approximate surface area is 220 Å². The molecular formula is C26H19BrCl2N2O4. The number of imide groups is 2. The predicted molar refractivity (Wildman–Crippen MR) is 140 cm³/mol. The van der Waals surface area contributed by atoms with Gasteiger partial charge in [-0.05, 0) is 54.5 Å². The zero-order valence-corrected chi connectivity index (χ0v) is 21.6. The number of hydrogen-bond acceptors (Lipinski definition) is 4. The summed E-state index contributed by atoms with van der Waals surface area (Å²) >= 11 is 15.6. The summed E-state index contributed by atoms with van der Waals surface area (Å²) in [5, 5.41) is 3.23. The van der Waals surface area contributed by atoms with Gasteiger partial charge in [-0.2, -0.15) is 0 Å². The average molecular weight is 574 g/mol. The minimum atomic E-state index is -0.791. The Bertz CT molecular complexity index is 1370. The standard InChI is InChI=1S/C26H19BrCl2N2O4/c1-2-15-5-3-4-6-22(15)31-25(33)20(24(32)30-26(31)34)12-17-11-18(27)8-10-23(17)35-14-16-7-9-19(28)13-21(16)29/h3-13H,2,14H2,1H3,(H,30,32,34)/b20-12-. The second kappa shape index (κ2) is 10.6. The number of nitrogens with one attached hydrogen (secondary N) is 1. The minimum absolute atomic E-state index is 0.141. The number of carbonyl (C=O) groups excluding carboxylic acids is 3. The number of urea groups is 1. The Hall–Kier alpha value is -3.13. The van der Waals surface area contributed by atoms with Gasteiger partial charge in [0.2, 0.25) is 0 Å². The molecule has 4 amide bonds. The molecule has 1 fully saturated rings. The monoisotopic (exact) mass is 572 g/mol. The molecule has 3 aromatic rings. The minimum Gasteiger partial charge on any atom is -0.488 e. The number of ether oxygens (including phenoxy) is 1. The third-order valence-electron chi connectivity index (χ3n) is 5.39. The van der Waals surface area contributed by atoms with Crippen LogP contribution in [-0.4, -0.2) is 17.8 Å². The quantitative estimate of drug-likeness (QED) is 0.267. The Morgan fingerprint density at radius 3 is 2.51 bits per heavy atom. The highest BCUT2D eigenvalue weighted by molar-refractivity contribution is 9.10. The van der Waals surface area contributed by atoms with Crippen molar-refractivity contribution in [2.75, 3.05) is 4.90 Å². The van der Waals surface area contributed by atoms with Gasteiger partial charge in [0.15, 0.2) is 0 Å². The highest BCUT2D eigenvalue weighted by atomic mass is 79.9. The molecule has 0 bridgehead atoms. The second-order valence-electron chi connectivity index (χ2n) is 7.65. The Morgan fingerprint density at radius 2 is 1.77 bits per heavy atom. The van der Waals surface area contributed by atoms with Crippen LogP contribution in [0.3, 0.4) is 0 Å². The lowest BCUT2D eigenvalue weighted by molar-refractivity contribution is -0.122. The lowest BCUT2D eigenvalue weighted by Gasteiger charge is -2.28. The first-order valence-electron chi connectivity index (χ1n) is 10.6. The molecule has 1 aliphatic heterocycles. The number of carbonyl (C=O) groups is 3. The first-order valence-corrected chi connectivity index (χ1v) is 12.2. The van der Waals surface area contributed by atoms with E-state index in [9.17, 15) is 14.4 Å². The van der Waals surface area contributed by atoms with E-state index in [4.69, 9.17) is 27.9 Å². The number of nitrogens with zero attached hydrogens (tertiary/aromatic N) is 1. The van der Waals surface area contributed by atoms with E-state index in [-0.39, 0.29) is 12.2 Å². The summed E-state index contributed by atoms with van der Waals surface area (Å²) in [6.07, 6.45) is 2.02. The van der Waals surface area contributed by atoms with Crippen molar-refractivity contribution >= 4 is 68.7 Å². The third kappa shape index (κ3) is 5.42. The van der Waals surface area contributed by atoms with Crippen molar-refractivity contribution in [2.24, 2.45) is 0 Å². The fourth-order valence-corrected chi connectivity index (χ4v) is 4.46. The molecule has 9 heteroatoms. The lowest BCUT2D eigenvalue weighted by Crippen LogP contribution is -2.54. The summed E-state index contributed by atoms with van der Waals surface area (Å²) < 4.78 is 6.68. The third-order valence-corrected chi connectivity index (χ3v) is 6.47. The number of amides is 4. The van der Waals surface area contributed by atoms with E-state index >= 15 is 0 Å². The number of anilines is 1. The number of barbiturate groups is 1. The fraction of sp³-hybridized carbons (Fsp3) is 0.115. The van der Waals surface area contributed by atoms with E-state index < -0.39 is 17.8 Å². The highest BCUT2D eigenvalue weighted by Gasteiger charge is 2.37. The predicted octanol–water partition coefficient (Wildman–Crippen LogP) is 6.56. The van der Waals surface area contributed by atoms with Gasteiger partial charge in [-0.15, -0.1) is 0 Å². The van der Waals surface area contributed by atoms with Gasteiger partial charge in [-0.3, -0.25) is 14.9 Å². The van der Waals surface area contributed by atoms with Crippen molar-refractivity contribution in [3.05, 3.63) is 97.4 Å². The average Bonchev–Trinajstić information content (AvgIpc) is 2.82. The topological polar surface area (TPSA) is 75.7 Å². The van der Waals surface area contributed by atoms with Gasteiger partial charge >= 0.3 is 6.03 Å². The molecule has 0 saturated carbocycles. The molecule has 0 radical (unpaired) electrons. The molecule has 0 aliphatic carbocycles. The molecule has 35 heavy (non-hydrogen) atoms. The molecule has 0 aromatic heterocycles. The summed E-state index contributed by atoms with van der Waals surface area (Å²) in [4.78, 5) is 39.6. The van der Waals surface area contributed by atoms with E-state index in [2.05, 4.69) is 21.2 Å². The number of benzene rings is 3. The van der Waals surface area contributed by atoms with Crippen LogP contribution in [0.15, 0.2) is 70.7 Å². The van der Waals surface area contributed by atoms with Gasteiger partial charge in [0.25, 0.3) is 11.8 Å². The molecule has 6 nitrogen and oxygen atoms in total. The fourth-order valence-electron chi connectivity index (χ4n) is 3.62. The molecule has 1 saturated heterocycles. The Balaban J connectivity index is 1.69. The maximum absolute atomic E-state index is 13.4. The molecule has 0 atom stereocenters. The molecule has 3 aromatic carbocycles. The smallest absolute Gasteiger partial charge is 0.335 e. The van der Waals surface area contributed by atoms with Crippen LogP contribution >= 0.6 is 39.1 Å². The summed E-state index contributed by atoms with van der Waals surface area (Å²) in [5.74, 6) is -1.08. The SMILES string of the molecule is CCc1ccccc1N1C(=O)NC(=O)/C(=C/c2cc(Br)ccc2OCc2ccc(Cl)cc2Cl)C1=O. The van der Waals surface area contributed by atoms with Crippen molar-refractivity contribution in [1.29, 1.82) is 0 Å². The normalized spacial score (nSPS) is 14.9. The number of halogens is 3. The van der Waals surface area contributed by atoms with Crippen LogP contribution in [0.4, 0.5) is 10.5 Å². The molecule has 1 aliphatic rings. The van der Waals surface area contributed by atoms with Crippen LogP contribution in [0.5, 0.6) is 5.75 Å². The first kappa shape index (κ1) is 25.0. The summed E-state index contributed by atoms with van der Waals surface area (Å²) in [5.41, 5.74) is 2.23. The van der Waals surface area contributed by atoms with Crippen molar-refractivity contribution in [3.63, 3.8) is 0 Å². The van der Waals surface area contributed by atoms with Gasteiger partial charge in [0.05, 0.1) is 5.69 Å². The van der Waals surface area contributed by atoms with Crippen LogP contribution in [0, 0.1) is 0 Å². The zero-order valence-electron chi connectivity index (χ0n) is 18.5. The van der Waals surface area contributed by atoms with Crippen molar-refractivity contribution in [1.82, 2.24) is 5.32 Å². The number of rotatable bonds is 6. The summed E-state index contributed by atoms with van der Waals surface area (Å²) in [6.45, 7) is 2.06. The molecule has 178 valence electrons. The maximum atomic E-state index is 13.4. The number of hydrogen-bond donors (Lipinski definition) is 1. The van der Waals surface area contributed by atoms with E-state index in [1.807, 2.05) is 19.1 Å². The zero-order chi connectivity index (χ0) is 25.1. The van der Waals surface area contributed by atoms with Crippen molar-refractivity contribution in [3.8, 4) is 5.75 Å². The van der Waals surface area contributed by atoms with Gasteiger partial charge < -0.3 is 4.74 Å². The largest absolute Gasteiger partial charge is 0.488 e. The molecular weight excluding hydrogens is 555 g/mol. The Kier molecular flexibility index (Phi) is 7.60. The van der Waals surface area contributed by atoms with E-state index in [0.29, 0.717) is 37.9 Å². The summed E-state index contributed by atoms with van der Waals surface area (Å²) in [6, 6.07) is 16.6. The van der Waals surface area contributed by atoms with Gasteiger partial charge in [0, 0.05) is 25.6 Å². The van der Waals surface area contributed by atoms with Gasteiger partial charge in [0.1, 0.15) is 17.9 Å².